The zero-order valence-electron chi connectivity index (χ0n) is 10.6. The molecule has 4 heteroatoms. The van der Waals surface area contributed by atoms with Crippen molar-refractivity contribution in [2.24, 2.45) is 0 Å². The Morgan fingerprint density at radius 3 is 2.67 bits per heavy atom. The molecule has 0 aliphatic heterocycles. The molecule has 0 spiro atoms. The molecule has 0 saturated heterocycles. The van der Waals surface area contributed by atoms with E-state index in [1.807, 2.05) is 19.1 Å². The van der Waals surface area contributed by atoms with Gasteiger partial charge in [-0.15, -0.1) is 0 Å². The van der Waals surface area contributed by atoms with Gasteiger partial charge in [0.2, 0.25) is 5.89 Å². The van der Waals surface area contributed by atoms with Crippen LogP contribution in [0.5, 0.6) is 0 Å². The number of hydrogen-bond donors (Lipinski definition) is 1. The van der Waals surface area contributed by atoms with Crippen LogP contribution in [-0.2, 0) is 0 Å². The lowest BCUT2D eigenvalue weighted by Gasteiger charge is -2.08. The molecule has 0 amide bonds. The zero-order chi connectivity index (χ0) is 13.3. The third-order valence-electron chi connectivity index (χ3n) is 2.88. The smallest absolute Gasteiger partial charge is 0.357 e. The summed E-state index contributed by atoms with van der Waals surface area (Å²) < 4.78 is 5.24. The molecular weight excluding hydrogens is 230 g/mol. The molecule has 0 bridgehead atoms. The first-order valence-corrected chi connectivity index (χ1v) is 5.78. The number of benzene rings is 1. The highest BCUT2D eigenvalue weighted by atomic mass is 16.4. The van der Waals surface area contributed by atoms with Crippen molar-refractivity contribution in [2.75, 3.05) is 0 Å². The van der Waals surface area contributed by atoms with Gasteiger partial charge in [-0.3, -0.25) is 0 Å². The average molecular weight is 245 g/mol. The summed E-state index contributed by atoms with van der Waals surface area (Å²) in [6.45, 7) is 6.16. The Kier molecular flexibility index (Phi) is 3.19. The van der Waals surface area contributed by atoms with Crippen molar-refractivity contribution in [3.05, 3.63) is 41.3 Å². The molecule has 1 aromatic carbocycles. The predicted molar refractivity (Wildman–Crippen MR) is 67.7 cm³/mol. The number of rotatable bonds is 3. The number of oxazole rings is 1. The van der Waals surface area contributed by atoms with Crippen LogP contribution in [0.3, 0.4) is 0 Å². The highest BCUT2D eigenvalue weighted by Gasteiger charge is 2.14. The number of aryl methyl sites for hydroxylation is 1. The van der Waals surface area contributed by atoms with E-state index in [0.717, 1.165) is 11.1 Å². The van der Waals surface area contributed by atoms with E-state index in [2.05, 4.69) is 24.9 Å². The van der Waals surface area contributed by atoms with Crippen molar-refractivity contribution < 1.29 is 14.3 Å². The summed E-state index contributed by atoms with van der Waals surface area (Å²) in [5.41, 5.74) is 2.96. The first-order chi connectivity index (χ1) is 8.49. The maximum Gasteiger partial charge on any atom is 0.357 e. The molecule has 0 aliphatic rings. The van der Waals surface area contributed by atoms with Gasteiger partial charge in [0.05, 0.1) is 0 Å². The molecule has 0 unspecified atom stereocenters. The largest absolute Gasteiger partial charge is 0.476 e. The van der Waals surface area contributed by atoms with Crippen molar-refractivity contribution in [1.82, 2.24) is 4.98 Å². The number of hydrogen-bond acceptors (Lipinski definition) is 3. The molecule has 18 heavy (non-hydrogen) atoms. The van der Waals surface area contributed by atoms with Crippen LogP contribution in [0.15, 0.2) is 28.9 Å². The second-order valence-corrected chi connectivity index (χ2v) is 4.57. The van der Waals surface area contributed by atoms with Crippen molar-refractivity contribution in [1.29, 1.82) is 0 Å². The predicted octanol–water partition coefficient (Wildman–Crippen LogP) is 3.47. The van der Waals surface area contributed by atoms with Crippen LogP contribution >= 0.6 is 0 Å². The van der Waals surface area contributed by atoms with E-state index >= 15 is 0 Å². The Hall–Kier alpha value is -2.10. The van der Waals surface area contributed by atoms with Gasteiger partial charge in [0.25, 0.3) is 0 Å². The van der Waals surface area contributed by atoms with E-state index in [1.54, 1.807) is 0 Å². The van der Waals surface area contributed by atoms with Gasteiger partial charge in [-0.2, -0.15) is 0 Å². The lowest BCUT2D eigenvalue weighted by atomic mass is 9.98. The molecule has 0 fully saturated rings. The summed E-state index contributed by atoms with van der Waals surface area (Å²) >= 11 is 0. The monoisotopic (exact) mass is 245 g/mol. The molecule has 2 rings (SSSR count). The van der Waals surface area contributed by atoms with Gasteiger partial charge in [0, 0.05) is 5.56 Å². The van der Waals surface area contributed by atoms with E-state index in [0.29, 0.717) is 11.8 Å². The lowest BCUT2D eigenvalue weighted by molar-refractivity contribution is 0.0690. The number of aromatic nitrogens is 1. The van der Waals surface area contributed by atoms with Gasteiger partial charge >= 0.3 is 5.97 Å². The van der Waals surface area contributed by atoms with Crippen molar-refractivity contribution in [3.63, 3.8) is 0 Å². The summed E-state index contributed by atoms with van der Waals surface area (Å²) in [5.74, 6) is -0.326. The lowest BCUT2D eigenvalue weighted by Crippen LogP contribution is -1.96. The molecule has 1 N–H and O–H groups in total. The third kappa shape index (κ3) is 2.27. The third-order valence-corrected chi connectivity index (χ3v) is 2.88. The fourth-order valence-electron chi connectivity index (χ4n) is 1.72. The van der Waals surface area contributed by atoms with Gasteiger partial charge in [-0.05, 0) is 30.0 Å². The summed E-state index contributed by atoms with van der Waals surface area (Å²) in [6, 6.07) is 6.05. The minimum absolute atomic E-state index is 0.0700. The summed E-state index contributed by atoms with van der Waals surface area (Å²) in [7, 11) is 0. The standard InChI is InChI=1S/C14H15NO3/c1-8(2)10-5-4-9(3)11(6-10)13-15-12(7-18-13)14(16)17/h4-8H,1-3H3,(H,16,17). The summed E-state index contributed by atoms with van der Waals surface area (Å²) in [5, 5.41) is 8.83. The minimum Gasteiger partial charge on any atom is -0.476 e. The second-order valence-electron chi connectivity index (χ2n) is 4.57. The first kappa shape index (κ1) is 12.4. The van der Waals surface area contributed by atoms with Gasteiger partial charge < -0.3 is 9.52 Å². The molecule has 4 nitrogen and oxygen atoms in total. The molecule has 0 saturated carbocycles. The highest BCUT2D eigenvalue weighted by molar-refractivity contribution is 5.85. The van der Waals surface area contributed by atoms with Crippen molar-refractivity contribution >= 4 is 5.97 Å². The second kappa shape index (κ2) is 4.64. The zero-order valence-corrected chi connectivity index (χ0v) is 10.6. The van der Waals surface area contributed by atoms with Crippen molar-refractivity contribution in [2.45, 2.75) is 26.7 Å². The Morgan fingerprint density at radius 2 is 2.11 bits per heavy atom. The van der Waals surface area contributed by atoms with Crippen LogP contribution in [0.1, 0.15) is 41.4 Å². The topological polar surface area (TPSA) is 63.3 Å². The van der Waals surface area contributed by atoms with E-state index < -0.39 is 5.97 Å². The van der Waals surface area contributed by atoms with E-state index in [-0.39, 0.29) is 5.69 Å². The van der Waals surface area contributed by atoms with Crippen LogP contribution in [-0.4, -0.2) is 16.1 Å². The fraction of sp³-hybridized carbons (Fsp3) is 0.286. The molecule has 0 radical (unpaired) electrons. The van der Waals surface area contributed by atoms with Crippen LogP contribution in [0.25, 0.3) is 11.5 Å². The number of nitrogens with zero attached hydrogens (tertiary/aromatic N) is 1. The number of carboxylic acid groups (broad SMARTS) is 1. The molecule has 1 heterocycles. The van der Waals surface area contributed by atoms with Crippen LogP contribution in [0.2, 0.25) is 0 Å². The Morgan fingerprint density at radius 1 is 1.39 bits per heavy atom. The molecule has 0 aliphatic carbocycles. The quantitative estimate of drug-likeness (QED) is 0.899. The van der Waals surface area contributed by atoms with Gasteiger partial charge in [0.15, 0.2) is 5.69 Å². The molecule has 94 valence electrons. The fourth-order valence-corrected chi connectivity index (χ4v) is 1.72. The Labute approximate surface area is 105 Å². The minimum atomic E-state index is -1.08. The maximum atomic E-state index is 10.8. The van der Waals surface area contributed by atoms with E-state index in [1.165, 1.54) is 11.8 Å². The summed E-state index contributed by atoms with van der Waals surface area (Å²) in [4.78, 5) is 14.8. The van der Waals surface area contributed by atoms with Crippen LogP contribution in [0.4, 0.5) is 0 Å². The molecule has 2 aromatic rings. The molecule has 0 atom stereocenters. The van der Waals surface area contributed by atoms with E-state index in [4.69, 9.17) is 9.52 Å². The number of carboxylic acids is 1. The summed E-state index contributed by atoms with van der Waals surface area (Å²) in [6.07, 6.45) is 1.17. The first-order valence-electron chi connectivity index (χ1n) is 5.78. The van der Waals surface area contributed by atoms with Gasteiger partial charge in [-0.25, -0.2) is 9.78 Å². The highest BCUT2D eigenvalue weighted by Crippen LogP contribution is 2.26. The van der Waals surface area contributed by atoms with Crippen LogP contribution in [0, 0.1) is 6.92 Å². The van der Waals surface area contributed by atoms with Gasteiger partial charge in [0.1, 0.15) is 6.26 Å². The Balaban J connectivity index is 2.48. The molecule has 1 aromatic heterocycles. The SMILES string of the molecule is Cc1ccc(C(C)C)cc1-c1nc(C(=O)O)co1. The molecular formula is C14H15NO3. The van der Waals surface area contributed by atoms with Crippen LogP contribution < -0.4 is 0 Å². The average Bonchev–Trinajstić information content (AvgIpc) is 2.78. The Bertz CT molecular complexity index is 584. The van der Waals surface area contributed by atoms with Gasteiger partial charge in [-0.1, -0.05) is 26.0 Å². The number of carbonyl (C=O) groups is 1. The maximum absolute atomic E-state index is 10.8. The number of aromatic carboxylic acids is 1. The van der Waals surface area contributed by atoms with E-state index in [9.17, 15) is 4.79 Å². The normalized spacial score (nSPS) is 10.9. The van der Waals surface area contributed by atoms with Crippen molar-refractivity contribution in [3.8, 4) is 11.5 Å².